The molecule has 6 heteroatoms. The van der Waals surface area contributed by atoms with E-state index in [1.54, 1.807) is 12.4 Å². The van der Waals surface area contributed by atoms with Crippen LogP contribution in [0, 0.1) is 11.3 Å². The van der Waals surface area contributed by atoms with Gasteiger partial charge in [-0.3, -0.25) is 14.9 Å². The first-order valence-corrected chi connectivity index (χ1v) is 11.7. The van der Waals surface area contributed by atoms with Gasteiger partial charge in [-0.15, -0.1) is 0 Å². The van der Waals surface area contributed by atoms with Crippen molar-refractivity contribution in [3.8, 4) is 11.4 Å². The van der Waals surface area contributed by atoms with Crippen molar-refractivity contribution in [2.45, 2.75) is 45.1 Å². The maximum absolute atomic E-state index is 5.03. The lowest BCUT2D eigenvalue weighted by atomic mass is 9.77. The first-order valence-electron chi connectivity index (χ1n) is 11.7. The van der Waals surface area contributed by atoms with Crippen LogP contribution >= 0.6 is 0 Å². The summed E-state index contributed by atoms with van der Waals surface area (Å²) in [5, 5.41) is 1.10. The van der Waals surface area contributed by atoms with E-state index in [9.17, 15) is 0 Å². The molecule has 0 aromatic carbocycles. The maximum Gasteiger partial charge on any atom is 0.162 e. The van der Waals surface area contributed by atoms with Crippen molar-refractivity contribution in [3.63, 3.8) is 0 Å². The number of hydrogen-bond donors (Lipinski definition) is 0. The average Bonchev–Trinajstić information content (AvgIpc) is 3.21. The standard InChI is InChI=1S/C25H30N6/c1-18-2-3-22(18)31-15-9-25(17-31)7-13-30(14-8-25)24-20-6-12-27-16-21(20)28-23(29-24)19-4-10-26-11-5-19/h4-6,10-12,16,18,22H,2-3,7-9,13-15,17H2,1H3. The molecule has 2 atom stereocenters. The number of likely N-dealkylation sites (tertiary alicyclic amines) is 1. The highest BCUT2D eigenvalue weighted by Crippen LogP contribution is 2.45. The lowest BCUT2D eigenvalue weighted by molar-refractivity contribution is 0.0773. The Kier molecular flexibility index (Phi) is 4.64. The Hall–Kier alpha value is -2.60. The van der Waals surface area contributed by atoms with Gasteiger partial charge in [0.15, 0.2) is 5.82 Å². The monoisotopic (exact) mass is 414 g/mol. The molecule has 0 amide bonds. The molecule has 3 aromatic rings. The molecular formula is C25H30N6. The minimum Gasteiger partial charge on any atom is -0.356 e. The van der Waals surface area contributed by atoms with Gasteiger partial charge in [-0.05, 0) is 68.2 Å². The third-order valence-electron chi connectivity index (χ3n) is 8.05. The van der Waals surface area contributed by atoms with Gasteiger partial charge in [-0.2, -0.15) is 0 Å². The van der Waals surface area contributed by atoms with Crippen LogP contribution in [0.1, 0.15) is 39.0 Å². The van der Waals surface area contributed by atoms with Gasteiger partial charge in [-0.25, -0.2) is 9.97 Å². The molecule has 2 aliphatic heterocycles. The van der Waals surface area contributed by atoms with E-state index < -0.39 is 0 Å². The molecular weight excluding hydrogens is 384 g/mol. The molecule has 1 saturated carbocycles. The predicted octanol–water partition coefficient (Wildman–Crippen LogP) is 4.18. The van der Waals surface area contributed by atoms with E-state index in [1.807, 2.05) is 24.5 Å². The first kappa shape index (κ1) is 19.1. The third-order valence-corrected chi connectivity index (χ3v) is 8.05. The van der Waals surface area contributed by atoms with Crippen LogP contribution in [0.25, 0.3) is 22.3 Å². The van der Waals surface area contributed by atoms with Gasteiger partial charge in [0.25, 0.3) is 0 Å². The Morgan fingerprint density at radius 3 is 2.42 bits per heavy atom. The number of nitrogens with zero attached hydrogens (tertiary/aromatic N) is 6. The topological polar surface area (TPSA) is 58.0 Å². The van der Waals surface area contributed by atoms with Gasteiger partial charge in [0, 0.05) is 55.2 Å². The Morgan fingerprint density at radius 2 is 1.68 bits per heavy atom. The molecule has 3 fully saturated rings. The van der Waals surface area contributed by atoms with E-state index in [4.69, 9.17) is 9.97 Å². The molecule has 1 spiro atoms. The second-order valence-corrected chi connectivity index (χ2v) is 9.83. The summed E-state index contributed by atoms with van der Waals surface area (Å²) in [4.78, 5) is 23.6. The van der Waals surface area contributed by atoms with Gasteiger partial charge in [0.05, 0.1) is 11.7 Å². The van der Waals surface area contributed by atoms with Gasteiger partial charge in [0.1, 0.15) is 5.82 Å². The van der Waals surface area contributed by atoms with Gasteiger partial charge >= 0.3 is 0 Å². The molecule has 2 unspecified atom stereocenters. The smallest absolute Gasteiger partial charge is 0.162 e. The van der Waals surface area contributed by atoms with Crippen molar-refractivity contribution in [3.05, 3.63) is 43.0 Å². The van der Waals surface area contributed by atoms with E-state index in [0.717, 1.165) is 53.2 Å². The highest BCUT2D eigenvalue weighted by Gasteiger charge is 2.45. The van der Waals surface area contributed by atoms with E-state index in [2.05, 4.69) is 32.8 Å². The summed E-state index contributed by atoms with van der Waals surface area (Å²) < 4.78 is 0. The number of piperidine rings is 1. The van der Waals surface area contributed by atoms with Gasteiger partial charge in [-0.1, -0.05) is 6.92 Å². The van der Waals surface area contributed by atoms with Crippen LogP contribution in [0.15, 0.2) is 43.0 Å². The molecule has 6 rings (SSSR count). The van der Waals surface area contributed by atoms with E-state index in [1.165, 1.54) is 45.2 Å². The molecule has 31 heavy (non-hydrogen) atoms. The first-order chi connectivity index (χ1) is 15.2. The lowest BCUT2D eigenvalue weighted by Crippen LogP contribution is -2.47. The second-order valence-electron chi connectivity index (χ2n) is 9.83. The van der Waals surface area contributed by atoms with Crippen LogP contribution in [0.5, 0.6) is 0 Å². The Morgan fingerprint density at radius 1 is 0.903 bits per heavy atom. The number of aromatic nitrogens is 4. The van der Waals surface area contributed by atoms with Crippen LogP contribution in [-0.4, -0.2) is 57.1 Å². The van der Waals surface area contributed by atoms with Gasteiger partial charge < -0.3 is 4.90 Å². The van der Waals surface area contributed by atoms with Crippen molar-refractivity contribution >= 4 is 16.7 Å². The van der Waals surface area contributed by atoms with Crippen molar-refractivity contribution in [1.82, 2.24) is 24.8 Å². The van der Waals surface area contributed by atoms with Gasteiger partial charge in [0.2, 0.25) is 0 Å². The minimum absolute atomic E-state index is 0.504. The molecule has 5 heterocycles. The molecule has 0 radical (unpaired) electrons. The van der Waals surface area contributed by atoms with Crippen LogP contribution in [0.4, 0.5) is 5.82 Å². The summed E-state index contributed by atoms with van der Waals surface area (Å²) in [6.45, 7) is 7.16. The predicted molar refractivity (Wildman–Crippen MR) is 123 cm³/mol. The fourth-order valence-corrected chi connectivity index (χ4v) is 5.88. The minimum atomic E-state index is 0.504. The molecule has 3 aliphatic rings. The lowest BCUT2D eigenvalue weighted by Gasteiger charge is -2.44. The van der Waals surface area contributed by atoms with Crippen molar-refractivity contribution in [1.29, 1.82) is 0 Å². The quantitative estimate of drug-likeness (QED) is 0.641. The highest BCUT2D eigenvalue weighted by atomic mass is 15.2. The SMILES string of the molecule is CC1CCC1N1CCC2(CCN(c3nc(-c4ccncc4)nc4cnccc34)CC2)C1. The molecule has 0 bridgehead atoms. The summed E-state index contributed by atoms with van der Waals surface area (Å²) in [7, 11) is 0. The molecule has 160 valence electrons. The van der Waals surface area contributed by atoms with Crippen LogP contribution in [-0.2, 0) is 0 Å². The number of rotatable bonds is 3. The van der Waals surface area contributed by atoms with Crippen LogP contribution in [0.3, 0.4) is 0 Å². The number of pyridine rings is 2. The molecule has 2 saturated heterocycles. The van der Waals surface area contributed by atoms with Crippen molar-refractivity contribution in [2.24, 2.45) is 11.3 Å². The summed E-state index contributed by atoms with van der Waals surface area (Å²) in [5.41, 5.74) is 2.41. The van der Waals surface area contributed by atoms with Crippen LogP contribution in [0.2, 0.25) is 0 Å². The van der Waals surface area contributed by atoms with Crippen LogP contribution < -0.4 is 4.90 Å². The largest absolute Gasteiger partial charge is 0.356 e. The summed E-state index contributed by atoms with van der Waals surface area (Å²) in [6.07, 6.45) is 14.0. The summed E-state index contributed by atoms with van der Waals surface area (Å²) >= 11 is 0. The zero-order valence-electron chi connectivity index (χ0n) is 18.2. The van der Waals surface area contributed by atoms with E-state index in [0.29, 0.717) is 5.41 Å². The summed E-state index contributed by atoms with van der Waals surface area (Å²) in [5.74, 6) is 2.70. The zero-order valence-corrected chi connectivity index (χ0v) is 18.2. The highest BCUT2D eigenvalue weighted by molar-refractivity contribution is 5.90. The van der Waals surface area contributed by atoms with E-state index in [-0.39, 0.29) is 0 Å². The fraction of sp³-hybridized carbons (Fsp3) is 0.520. The molecule has 0 N–H and O–H groups in total. The number of fused-ring (bicyclic) bond motifs is 1. The zero-order chi connectivity index (χ0) is 20.8. The summed E-state index contributed by atoms with van der Waals surface area (Å²) in [6, 6.07) is 6.85. The number of anilines is 1. The second kappa shape index (κ2) is 7.52. The molecule has 3 aromatic heterocycles. The fourth-order valence-electron chi connectivity index (χ4n) is 5.88. The van der Waals surface area contributed by atoms with Crippen molar-refractivity contribution < 1.29 is 0 Å². The Labute approximate surface area is 183 Å². The van der Waals surface area contributed by atoms with Crippen molar-refractivity contribution in [2.75, 3.05) is 31.1 Å². The Balaban J connectivity index is 1.26. The maximum atomic E-state index is 5.03. The Bertz CT molecular complexity index is 1080. The third kappa shape index (κ3) is 3.37. The number of hydrogen-bond acceptors (Lipinski definition) is 6. The average molecular weight is 415 g/mol. The normalized spacial score (nSPS) is 25.8. The van der Waals surface area contributed by atoms with E-state index >= 15 is 0 Å². The molecule has 1 aliphatic carbocycles. The molecule has 6 nitrogen and oxygen atoms in total.